The molecule has 5 rings (SSSR count). The highest BCUT2D eigenvalue weighted by Gasteiger charge is 2.22. The van der Waals surface area contributed by atoms with Crippen LogP contribution in [0.15, 0.2) is 29.1 Å². The van der Waals surface area contributed by atoms with E-state index < -0.39 is 0 Å². The monoisotopic (exact) mass is 456 g/mol. The van der Waals surface area contributed by atoms with E-state index in [9.17, 15) is 9.18 Å². The number of hydrogen-bond donors (Lipinski definition) is 1. The second-order valence-corrected chi connectivity index (χ2v) is 9.61. The van der Waals surface area contributed by atoms with Crippen molar-refractivity contribution in [2.45, 2.75) is 38.5 Å². The van der Waals surface area contributed by atoms with Gasteiger partial charge in [-0.1, -0.05) is 6.42 Å². The third-order valence-corrected chi connectivity index (χ3v) is 7.55. The highest BCUT2D eigenvalue weighted by atomic mass is 32.1. The highest BCUT2D eigenvalue weighted by molar-refractivity contribution is 7.18. The standard InChI is InChI=1S/C24H29FN4O2S/c25-17-7-9-18(10-8-17)29-23(30)21-19-5-2-1-3-6-20(19)32-22(21)27-24(29)26-11-4-12-28-13-15-31-16-14-28/h7-10H,1-6,11-16H2,(H,26,27). The first kappa shape index (κ1) is 21.6. The Balaban J connectivity index is 1.48. The minimum atomic E-state index is -0.319. The SMILES string of the molecule is O=c1c2c3c(sc2nc(NCCCN2CCOCC2)n1-c1ccc(F)cc1)CCCCC3. The molecule has 3 heterocycles. The zero-order chi connectivity index (χ0) is 21.9. The Hall–Kier alpha value is -2.29. The van der Waals surface area contributed by atoms with Crippen molar-refractivity contribution in [1.82, 2.24) is 14.5 Å². The summed E-state index contributed by atoms with van der Waals surface area (Å²) >= 11 is 1.66. The van der Waals surface area contributed by atoms with Gasteiger partial charge in [0.25, 0.3) is 5.56 Å². The van der Waals surface area contributed by atoms with Crippen molar-refractivity contribution >= 4 is 27.5 Å². The minimum Gasteiger partial charge on any atom is -0.379 e. The topological polar surface area (TPSA) is 59.4 Å². The van der Waals surface area contributed by atoms with Crippen LogP contribution >= 0.6 is 11.3 Å². The number of hydrogen-bond acceptors (Lipinski definition) is 6. The van der Waals surface area contributed by atoms with Gasteiger partial charge in [-0.2, -0.15) is 0 Å². The lowest BCUT2D eigenvalue weighted by Gasteiger charge is -2.26. The van der Waals surface area contributed by atoms with Crippen LogP contribution in [0.5, 0.6) is 0 Å². The molecule has 0 bridgehead atoms. The minimum absolute atomic E-state index is 0.0586. The zero-order valence-corrected chi connectivity index (χ0v) is 19.1. The maximum atomic E-state index is 13.7. The molecule has 2 aromatic heterocycles. The first-order valence-corrected chi connectivity index (χ1v) is 12.4. The molecule has 170 valence electrons. The van der Waals surface area contributed by atoms with Crippen LogP contribution in [-0.2, 0) is 17.6 Å². The van der Waals surface area contributed by atoms with Crippen LogP contribution in [0.2, 0.25) is 0 Å². The van der Waals surface area contributed by atoms with E-state index in [-0.39, 0.29) is 11.4 Å². The summed E-state index contributed by atoms with van der Waals surface area (Å²) in [6, 6.07) is 6.08. The summed E-state index contributed by atoms with van der Waals surface area (Å²) in [5, 5.41) is 4.14. The summed E-state index contributed by atoms with van der Waals surface area (Å²) in [4.78, 5) is 23.1. The zero-order valence-electron chi connectivity index (χ0n) is 18.2. The van der Waals surface area contributed by atoms with E-state index in [2.05, 4.69) is 10.2 Å². The second-order valence-electron chi connectivity index (χ2n) is 8.53. The largest absolute Gasteiger partial charge is 0.379 e. The van der Waals surface area contributed by atoms with E-state index >= 15 is 0 Å². The van der Waals surface area contributed by atoms with Gasteiger partial charge < -0.3 is 10.1 Å². The fraction of sp³-hybridized carbons (Fsp3) is 0.500. The fourth-order valence-electron chi connectivity index (χ4n) is 4.66. The average molecular weight is 457 g/mol. The number of halogens is 1. The molecule has 1 N–H and O–H groups in total. The summed E-state index contributed by atoms with van der Waals surface area (Å²) < 4.78 is 20.6. The molecule has 0 spiro atoms. The number of thiophene rings is 1. The predicted molar refractivity (Wildman–Crippen MR) is 127 cm³/mol. The Morgan fingerprint density at radius 2 is 1.88 bits per heavy atom. The lowest BCUT2D eigenvalue weighted by Crippen LogP contribution is -2.37. The number of anilines is 1. The lowest BCUT2D eigenvalue weighted by atomic mass is 10.1. The summed E-state index contributed by atoms with van der Waals surface area (Å²) in [6.45, 7) is 5.20. The molecule has 0 amide bonds. The maximum Gasteiger partial charge on any atom is 0.268 e. The van der Waals surface area contributed by atoms with Gasteiger partial charge in [-0.05, 0) is 68.5 Å². The van der Waals surface area contributed by atoms with E-state index in [4.69, 9.17) is 9.72 Å². The van der Waals surface area contributed by atoms with Gasteiger partial charge in [0, 0.05) is 24.5 Å². The summed E-state index contributed by atoms with van der Waals surface area (Å²) in [6.07, 6.45) is 6.37. The summed E-state index contributed by atoms with van der Waals surface area (Å²) in [5.41, 5.74) is 1.75. The van der Waals surface area contributed by atoms with E-state index in [1.807, 2.05) is 0 Å². The Bertz CT molecular complexity index is 1140. The van der Waals surface area contributed by atoms with Crippen molar-refractivity contribution in [2.75, 3.05) is 44.7 Å². The number of benzene rings is 1. The number of rotatable bonds is 6. The third-order valence-electron chi connectivity index (χ3n) is 6.36. The van der Waals surface area contributed by atoms with Crippen molar-refractivity contribution in [1.29, 1.82) is 0 Å². The van der Waals surface area contributed by atoms with E-state index in [1.54, 1.807) is 28.0 Å². The molecular weight excluding hydrogens is 427 g/mol. The van der Waals surface area contributed by atoms with E-state index in [0.717, 1.165) is 68.7 Å². The Labute approximate surface area is 191 Å². The first-order chi connectivity index (χ1) is 15.7. The molecule has 0 radical (unpaired) electrons. The predicted octanol–water partition coefficient (Wildman–Crippen LogP) is 3.99. The Morgan fingerprint density at radius 1 is 1.09 bits per heavy atom. The molecule has 1 saturated heterocycles. The van der Waals surface area contributed by atoms with Crippen molar-refractivity contribution in [3.63, 3.8) is 0 Å². The quantitative estimate of drug-likeness (QED) is 0.449. The van der Waals surface area contributed by atoms with Gasteiger partial charge in [-0.25, -0.2) is 13.9 Å². The molecule has 1 fully saturated rings. The average Bonchev–Trinajstić information content (AvgIpc) is 2.99. The number of aryl methyl sites for hydroxylation is 2. The van der Waals surface area contributed by atoms with E-state index in [0.29, 0.717) is 18.2 Å². The van der Waals surface area contributed by atoms with Gasteiger partial charge in [-0.15, -0.1) is 11.3 Å². The van der Waals surface area contributed by atoms with Crippen molar-refractivity contribution in [3.05, 3.63) is 50.9 Å². The number of aromatic nitrogens is 2. The molecule has 3 aromatic rings. The molecule has 8 heteroatoms. The van der Waals surface area contributed by atoms with E-state index in [1.165, 1.54) is 35.4 Å². The molecule has 0 saturated carbocycles. The molecule has 2 aliphatic rings. The molecule has 0 atom stereocenters. The van der Waals surface area contributed by atoms with Crippen molar-refractivity contribution in [3.8, 4) is 5.69 Å². The Kier molecular flexibility index (Phi) is 6.52. The maximum absolute atomic E-state index is 13.7. The van der Waals surface area contributed by atoms with Gasteiger partial charge in [-0.3, -0.25) is 9.69 Å². The van der Waals surface area contributed by atoms with Crippen LogP contribution in [0.1, 0.15) is 36.1 Å². The number of ether oxygens (including phenoxy) is 1. The smallest absolute Gasteiger partial charge is 0.268 e. The van der Waals surface area contributed by atoms with Crippen LogP contribution < -0.4 is 10.9 Å². The number of fused-ring (bicyclic) bond motifs is 3. The van der Waals surface area contributed by atoms with Crippen LogP contribution in [0.25, 0.3) is 15.9 Å². The molecule has 32 heavy (non-hydrogen) atoms. The normalized spacial score (nSPS) is 17.3. The molecule has 0 unspecified atom stereocenters. The van der Waals surface area contributed by atoms with Gasteiger partial charge in [0.15, 0.2) is 0 Å². The van der Waals surface area contributed by atoms with Crippen LogP contribution in [0.3, 0.4) is 0 Å². The first-order valence-electron chi connectivity index (χ1n) is 11.6. The molecular formula is C24H29FN4O2S. The molecule has 1 aliphatic carbocycles. The van der Waals surface area contributed by atoms with Crippen molar-refractivity contribution in [2.24, 2.45) is 0 Å². The third kappa shape index (κ3) is 4.44. The van der Waals surface area contributed by atoms with Gasteiger partial charge in [0.05, 0.1) is 24.3 Å². The van der Waals surface area contributed by atoms with Crippen LogP contribution in [-0.4, -0.2) is 53.8 Å². The van der Waals surface area contributed by atoms with Gasteiger partial charge in [0.1, 0.15) is 10.6 Å². The summed E-state index contributed by atoms with van der Waals surface area (Å²) in [7, 11) is 0. The number of nitrogens with zero attached hydrogens (tertiary/aromatic N) is 3. The molecule has 6 nitrogen and oxygen atoms in total. The van der Waals surface area contributed by atoms with Crippen molar-refractivity contribution < 1.29 is 9.13 Å². The molecule has 1 aliphatic heterocycles. The highest BCUT2D eigenvalue weighted by Crippen LogP contribution is 2.34. The Morgan fingerprint density at radius 3 is 2.69 bits per heavy atom. The van der Waals surface area contributed by atoms with Gasteiger partial charge >= 0.3 is 0 Å². The number of nitrogens with one attached hydrogen (secondary N) is 1. The second kappa shape index (κ2) is 9.68. The van der Waals surface area contributed by atoms with Crippen LogP contribution in [0.4, 0.5) is 10.3 Å². The lowest BCUT2D eigenvalue weighted by molar-refractivity contribution is 0.0378. The number of morpholine rings is 1. The van der Waals surface area contributed by atoms with Gasteiger partial charge in [0.2, 0.25) is 5.95 Å². The summed E-state index contributed by atoms with van der Waals surface area (Å²) in [5.74, 6) is 0.216. The molecule has 1 aromatic carbocycles. The van der Waals surface area contributed by atoms with Crippen LogP contribution in [0, 0.1) is 5.82 Å². The fourth-order valence-corrected chi connectivity index (χ4v) is 5.91.